The van der Waals surface area contributed by atoms with Crippen LogP contribution in [-0.4, -0.2) is 30.5 Å². The van der Waals surface area contributed by atoms with Crippen LogP contribution in [0.5, 0.6) is 11.5 Å². The fraction of sp³-hybridized carbons (Fsp3) is 0.364. The summed E-state index contributed by atoms with van der Waals surface area (Å²) in [5, 5.41) is 7.61. The van der Waals surface area contributed by atoms with Gasteiger partial charge in [-0.3, -0.25) is 0 Å². The Morgan fingerprint density at radius 1 is 1.00 bits per heavy atom. The molecule has 0 aliphatic heterocycles. The predicted molar refractivity (Wildman–Crippen MR) is 104 cm³/mol. The zero-order valence-electron chi connectivity index (χ0n) is 16.0. The van der Waals surface area contributed by atoms with Gasteiger partial charge in [-0.15, -0.1) is 10.2 Å². The SMILES string of the molecule is COCc1cccc(OCC2(COc3ccc(-c4nnco4)cc3)CCC2)c1. The predicted octanol–water partition coefficient (Wildman–Crippen LogP) is 4.51. The van der Waals surface area contributed by atoms with Crippen LogP contribution in [0.15, 0.2) is 59.3 Å². The average molecular weight is 380 g/mol. The molecule has 1 fully saturated rings. The monoisotopic (exact) mass is 380 g/mol. The average Bonchev–Trinajstić information content (AvgIpc) is 3.23. The first-order chi connectivity index (χ1) is 13.8. The highest BCUT2D eigenvalue weighted by Gasteiger charge is 2.39. The van der Waals surface area contributed by atoms with Crippen LogP contribution in [0.4, 0.5) is 0 Å². The lowest BCUT2D eigenvalue weighted by Crippen LogP contribution is -2.41. The molecule has 3 aromatic rings. The molecular formula is C22H24N2O4. The summed E-state index contributed by atoms with van der Waals surface area (Å²) in [4.78, 5) is 0. The Kier molecular flexibility index (Phi) is 5.58. The molecule has 6 heteroatoms. The fourth-order valence-electron chi connectivity index (χ4n) is 3.36. The van der Waals surface area contributed by atoms with Gasteiger partial charge in [-0.05, 0) is 54.8 Å². The van der Waals surface area contributed by atoms with E-state index in [1.807, 2.05) is 48.5 Å². The molecule has 4 rings (SSSR count). The molecule has 28 heavy (non-hydrogen) atoms. The lowest BCUT2D eigenvalue weighted by atomic mass is 9.70. The maximum Gasteiger partial charge on any atom is 0.247 e. The molecule has 0 radical (unpaired) electrons. The van der Waals surface area contributed by atoms with Gasteiger partial charge in [-0.1, -0.05) is 18.6 Å². The molecular weight excluding hydrogens is 356 g/mol. The zero-order valence-corrected chi connectivity index (χ0v) is 16.0. The summed E-state index contributed by atoms with van der Waals surface area (Å²) >= 11 is 0. The lowest BCUT2D eigenvalue weighted by Gasteiger charge is -2.41. The van der Waals surface area contributed by atoms with Crippen molar-refractivity contribution < 1.29 is 18.6 Å². The van der Waals surface area contributed by atoms with E-state index in [4.69, 9.17) is 18.6 Å². The highest BCUT2D eigenvalue weighted by Crippen LogP contribution is 2.42. The molecule has 2 aromatic carbocycles. The Labute approximate surface area is 164 Å². The molecule has 0 unspecified atom stereocenters. The second-order valence-corrected chi connectivity index (χ2v) is 7.28. The summed E-state index contributed by atoms with van der Waals surface area (Å²) < 4.78 is 22.6. The van der Waals surface area contributed by atoms with Gasteiger partial charge in [-0.25, -0.2) is 0 Å². The second kappa shape index (κ2) is 8.44. The van der Waals surface area contributed by atoms with E-state index < -0.39 is 0 Å². The minimum atomic E-state index is 0.0718. The fourth-order valence-corrected chi connectivity index (χ4v) is 3.36. The molecule has 0 atom stereocenters. The first-order valence-corrected chi connectivity index (χ1v) is 9.46. The van der Waals surface area contributed by atoms with Crippen LogP contribution in [-0.2, 0) is 11.3 Å². The molecule has 0 saturated heterocycles. The van der Waals surface area contributed by atoms with Crippen molar-refractivity contribution in [2.75, 3.05) is 20.3 Å². The van der Waals surface area contributed by atoms with Crippen molar-refractivity contribution in [1.82, 2.24) is 10.2 Å². The number of methoxy groups -OCH3 is 1. The van der Waals surface area contributed by atoms with Crippen molar-refractivity contribution in [2.24, 2.45) is 5.41 Å². The molecule has 6 nitrogen and oxygen atoms in total. The quantitative estimate of drug-likeness (QED) is 0.544. The van der Waals surface area contributed by atoms with Gasteiger partial charge in [0.15, 0.2) is 0 Å². The van der Waals surface area contributed by atoms with Crippen LogP contribution >= 0.6 is 0 Å². The molecule has 1 aromatic heterocycles. The van der Waals surface area contributed by atoms with Crippen molar-refractivity contribution in [3.8, 4) is 23.0 Å². The van der Waals surface area contributed by atoms with E-state index in [2.05, 4.69) is 10.2 Å². The third kappa shape index (κ3) is 4.34. The Balaban J connectivity index is 1.33. The summed E-state index contributed by atoms with van der Waals surface area (Å²) in [6, 6.07) is 15.8. The largest absolute Gasteiger partial charge is 0.493 e. The summed E-state index contributed by atoms with van der Waals surface area (Å²) in [6.07, 6.45) is 4.77. The number of nitrogens with zero attached hydrogens (tertiary/aromatic N) is 2. The van der Waals surface area contributed by atoms with E-state index in [1.165, 1.54) is 12.8 Å². The molecule has 1 aliphatic carbocycles. The van der Waals surface area contributed by atoms with Crippen LogP contribution in [0.1, 0.15) is 24.8 Å². The maximum absolute atomic E-state index is 6.09. The summed E-state index contributed by atoms with van der Waals surface area (Å²) in [5.41, 5.74) is 2.06. The highest BCUT2D eigenvalue weighted by atomic mass is 16.5. The van der Waals surface area contributed by atoms with Gasteiger partial charge in [0.05, 0.1) is 19.8 Å². The van der Waals surface area contributed by atoms with E-state index in [0.717, 1.165) is 35.5 Å². The lowest BCUT2D eigenvalue weighted by molar-refractivity contribution is 0.00970. The van der Waals surface area contributed by atoms with Gasteiger partial charge in [0.25, 0.3) is 0 Å². The molecule has 1 heterocycles. The van der Waals surface area contributed by atoms with Crippen LogP contribution in [0.25, 0.3) is 11.5 Å². The standard InChI is InChI=1S/C22H24N2O4/c1-25-13-17-4-2-5-20(12-17)27-15-22(10-3-11-22)14-26-19-8-6-18(7-9-19)21-24-23-16-28-21/h2,4-9,12,16H,3,10-11,13-15H2,1H3. The number of rotatable bonds is 9. The Bertz CT molecular complexity index is 874. The van der Waals surface area contributed by atoms with Gasteiger partial charge in [-0.2, -0.15) is 0 Å². The Morgan fingerprint density at radius 3 is 2.43 bits per heavy atom. The molecule has 0 N–H and O–H groups in total. The molecule has 0 bridgehead atoms. The first-order valence-electron chi connectivity index (χ1n) is 9.46. The Hall–Kier alpha value is -2.86. The maximum atomic E-state index is 6.09. The smallest absolute Gasteiger partial charge is 0.247 e. The highest BCUT2D eigenvalue weighted by molar-refractivity contribution is 5.53. The number of ether oxygens (including phenoxy) is 3. The summed E-state index contributed by atoms with van der Waals surface area (Å²) in [7, 11) is 1.70. The third-order valence-electron chi connectivity index (χ3n) is 5.18. The van der Waals surface area contributed by atoms with Crippen molar-refractivity contribution in [3.63, 3.8) is 0 Å². The number of aromatic nitrogens is 2. The minimum absolute atomic E-state index is 0.0718. The van der Waals surface area contributed by atoms with E-state index in [1.54, 1.807) is 7.11 Å². The topological polar surface area (TPSA) is 66.6 Å². The second-order valence-electron chi connectivity index (χ2n) is 7.28. The van der Waals surface area contributed by atoms with Crippen LogP contribution < -0.4 is 9.47 Å². The van der Waals surface area contributed by atoms with Gasteiger partial charge in [0.2, 0.25) is 12.3 Å². The van der Waals surface area contributed by atoms with Gasteiger partial charge in [0.1, 0.15) is 11.5 Å². The summed E-state index contributed by atoms with van der Waals surface area (Å²) in [5.74, 6) is 2.22. The number of hydrogen-bond donors (Lipinski definition) is 0. The van der Waals surface area contributed by atoms with Crippen molar-refractivity contribution in [2.45, 2.75) is 25.9 Å². The molecule has 0 spiro atoms. The van der Waals surface area contributed by atoms with E-state index in [0.29, 0.717) is 25.7 Å². The molecule has 146 valence electrons. The van der Waals surface area contributed by atoms with Crippen LogP contribution in [0.3, 0.4) is 0 Å². The normalized spacial score (nSPS) is 15.0. The van der Waals surface area contributed by atoms with Crippen LogP contribution in [0.2, 0.25) is 0 Å². The van der Waals surface area contributed by atoms with Crippen molar-refractivity contribution in [1.29, 1.82) is 0 Å². The first kappa shape index (κ1) is 18.5. The summed E-state index contributed by atoms with van der Waals surface area (Å²) in [6.45, 7) is 1.89. The minimum Gasteiger partial charge on any atom is -0.493 e. The van der Waals surface area contributed by atoms with Gasteiger partial charge in [0, 0.05) is 18.1 Å². The Morgan fingerprint density at radius 2 is 1.79 bits per heavy atom. The van der Waals surface area contributed by atoms with Crippen molar-refractivity contribution in [3.05, 3.63) is 60.5 Å². The zero-order chi connectivity index (χ0) is 19.2. The van der Waals surface area contributed by atoms with E-state index >= 15 is 0 Å². The van der Waals surface area contributed by atoms with E-state index in [-0.39, 0.29) is 5.41 Å². The number of hydrogen-bond acceptors (Lipinski definition) is 6. The molecule has 1 aliphatic rings. The molecule has 0 amide bonds. The number of benzene rings is 2. The van der Waals surface area contributed by atoms with Gasteiger partial charge < -0.3 is 18.6 Å². The van der Waals surface area contributed by atoms with E-state index in [9.17, 15) is 0 Å². The molecule has 1 saturated carbocycles. The van der Waals surface area contributed by atoms with Gasteiger partial charge >= 0.3 is 0 Å². The van der Waals surface area contributed by atoms with Crippen molar-refractivity contribution >= 4 is 0 Å². The van der Waals surface area contributed by atoms with Crippen LogP contribution in [0, 0.1) is 5.41 Å². The third-order valence-corrected chi connectivity index (χ3v) is 5.18.